The summed E-state index contributed by atoms with van der Waals surface area (Å²) < 4.78 is 0. The maximum absolute atomic E-state index is 10.7. The van der Waals surface area contributed by atoms with Gasteiger partial charge in [0, 0.05) is 35.9 Å². The average molecular weight is 256 g/mol. The molecule has 0 spiro atoms. The number of benzene rings is 1. The van der Waals surface area contributed by atoms with Gasteiger partial charge in [0.15, 0.2) is 0 Å². The van der Waals surface area contributed by atoms with Crippen molar-refractivity contribution in [3.63, 3.8) is 0 Å². The maximum Gasteiger partial charge on any atom is 0.269 e. The molecule has 0 aliphatic rings. The molecule has 0 aliphatic carbocycles. The first-order chi connectivity index (χ1) is 8.08. The van der Waals surface area contributed by atoms with Crippen molar-refractivity contribution in [3.05, 3.63) is 33.9 Å². The molecule has 0 saturated carbocycles. The van der Waals surface area contributed by atoms with Gasteiger partial charge in [0.1, 0.15) is 0 Å². The zero-order valence-corrected chi connectivity index (χ0v) is 10.7. The Morgan fingerprint density at radius 2 is 2.29 bits per heavy atom. The summed E-state index contributed by atoms with van der Waals surface area (Å²) in [7, 11) is 1.78. The zero-order chi connectivity index (χ0) is 12.8. The maximum atomic E-state index is 10.7. The molecule has 94 valence electrons. The third kappa shape index (κ3) is 3.90. The second kappa shape index (κ2) is 6.46. The van der Waals surface area contributed by atoms with E-state index in [0.29, 0.717) is 5.75 Å². The van der Waals surface area contributed by atoms with Crippen molar-refractivity contribution in [2.24, 2.45) is 0 Å². The highest BCUT2D eigenvalue weighted by Gasteiger charge is 2.11. The number of rotatable bonds is 6. The molecule has 6 heteroatoms. The van der Waals surface area contributed by atoms with E-state index < -0.39 is 4.92 Å². The first-order valence-electron chi connectivity index (χ1n) is 5.26. The zero-order valence-electron chi connectivity index (χ0n) is 9.84. The van der Waals surface area contributed by atoms with Gasteiger partial charge in [-0.05, 0) is 11.6 Å². The smallest absolute Gasteiger partial charge is 0.269 e. The van der Waals surface area contributed by atoms with Crippen LogP contribution in [0.3, 0.4) is 0 Å². The monoisotopic (exact) mass is 256 g/mol. The Morgan fingerprint density at radius 1 is 1.59 bits per heavy atom. The number of thioether (sulfide) groups is 1. The molecule has 0 fully saturated rings. The lowest BCUT2D eigenvalue weighted by Gasteiger charge is -2.11. The number of hydrogen-bond acceptors (Lipinski definition) is 5. The number of hydrogen-bond donors (Lipinski definition) is 2. The quantitative estimate of drug-likeness (QED) is 0.603. The van der Waals surface area contributed by atoms with Crippen molar-refractivity contribution >= 4 is 23.1 Å². The van der Waals surface area contributed by atoms with Crippen molar-refractivity contribution in [2.75, 3.05) is 19.0 Å². The van der Waals surface area contributed by atoms with Crippen molar-refractivity contribution in [2.45, 2.75) is 17.9 Å². The van der Waals surface area contributed by atoms with Crippen LogP contribution in [0.2, 0.25) is 0 Å². The van der Waals surface area contributed by atoms with Gasteiger partial charge in [-0.1, -0.05) is 6.92 Å². The molecule has 0 aromatic heterocycles. The summed E-state index contributed by atoms with van der Waals surface area (Å²) in [5.74, 6) is 0.638. The molecule has 0 heterocycles. The fourth-order valence-corrected chi connectivity index (χ4v) is 2.15. The molecule has 1 aromatic carbocycles. The summed E-state index contributed by atoms with van der Waals surface area (Å²) in [6.07, 6.45) is 0. The minimum Gasteiger partial charge on any atom is -0.395 e. The molecule has 17 heavy (non-hydrogen) atoms. The van der Waals surface area contributed by atoms with Crippen LogP contribution in [0.25, 0.3) is 0 Å². The van der Waals surface area contributed by atoms with Gasteiger partial charge in [-0.25, -0.2) is 0 Å². The van der Waals surface area contributed by atoms with E-state index in [-0.39, 0.29) is 17.5 Å². The van der Waals surface area contributed by atoms with Crippen LogP contribution in [-0.4, -0.2) is 28.9 Å². The summed E-state index contributed by atoms with van der Waals surface area (Å²) in [6, 6.07) is 4.76. The Kier molecular flexibility index (Phi) is 5.24. The molecule has 0 bridgehead atoms. The molecule has 0 saturated heterocycles. The van der Waals surface area contributed by atoms with E-state index in [1.807, 2.05) is 6.92 Å². The van der Waals surface area contributed by atoms with Crippen LogP contribution in [0.1, 0.15) is 12.5 Å². The highest BCUT2D eigenvalue weighted by Crippen LogP contribution is 2.27. The van der Waals surface area contributed by atoms with E-state index in [1.54, 1.807) is 30.9 Å². The van der Waals surface area contributed by atoms with Gasteiger partial charge in [0.25, 0.3) is 5.69 Å². The first-order valence-corrected chi connectivity index (χ1v) is 6.31. The lowest BCUT2D eigenvalue weighted by atomic mass is 10.2. The molecule has 1 rings (SSSR count). The summed E-state index contributed by atoms with van der Waals surface area (Å²) in [5.41, 5.74) is 1.86. The molecule has 5 nitrogen and oxygen atoms in total. The average Bonchev–Trinajstić information content (AvgIpc) is 2.35. The SMILES string of the molecule is CNc1ccc([N+](=O)[O-])cc1CSC(C)CO. The minimum atomic E-state index is -0.400. The van der Waals surface area contributed by atoms with Crippen LogP contribution in [0, 0.1) is 10.1 Å². The number of anilines is 1. The van der Waals surface area contributed by atoms with Crippen LogP contribution < -0.4 is 5.32 Å². The van der Waals surface area contributed by atoms with E-state index >= 15 is 0 Å². The van der Waals surface area contributed by atoms with Crippen LogP contribution in [-0.2, 0) is 5.75 Å². The van der Waals surface area contributed by atoms with Crippen LogP contribution >= 0.6 is 11.8 Å². The predicted molar refractivity (Wildman–Crippen MR) is 70.5 cm³/mol. The predicted octanol–water partition coefficient (Wildman–Crippen LogP) is 2.25. The van der Waals surface area contributed by atoms with Crippen LogP contribution in [0.5, 0.6) is 0 Å². The van der Waals surface area contributed by atoms with Crippen LogP contribution in [0.4, 0.5) is 11.4 Å². The summed E-state index contributed by atoms with van der Waals surface area (Å²) >= 11 is 1.57. The van der Waals surface area contributed by atoms with E-state index in [1.165, 1.54) is 6.07 Å². The van der Waals surface area contributed by atoms with Crippen molar-refractivity contribution in [1.82, 2.24) is 0 Å². The van der Waals surface area contributed by atoms with E-state index in [9.17, 15) is 10.1 Å². The molecule has 1 aromatic rings. The lowest BCUT2D eigenvalue weighted by Crippen LogP contribution is -2.03. The fourth-order valence-electron chi connectivity index (χ4n) is 1.34. The van der Waals surface area contributed by atoms with Crippen LogP contribution in [0.15, 0.2) is 18.2 Å². The van der Waals surface area contributed by atoms with Crippen molar-refractivity contribution in [3.8, 4) is 0 Å². The molecule has 0 radical (unpaired) electrons. The Balaban J connectivity index is 2.86. The Bertz CT molecular complexity index is 398. The van der Waals surface area contributed by atoms with Gasteiger partial charge in [-0.3, -0.25) is 10.1 Å². The number of nitro groups is 1. The van der Waals surface area contributed by atoms with Gasteiger partial charge in [0.05, 0.1) is 11.5 Å². The Morgan fingerprint density at radius 3 is 2.82 bits per heavy atom. The second-order valence-corrected chi connectivity index (χ2v) is 5.08. The van der Waals surface area contributed by atoms with Gasteiger partial charge >= 0.3 is 0 Å². The highest BCUT2D eigenvalue weighted by molar-refractivity contribution is 7.99. The standard InChI is InChI=1S/C11H16N2O3S/c1-8(6-14)17-7-9-5-10(13(15)16)3-4-11(9)12-2/h3-5,8,12,14H,6-7H2,1-2H3. The fraction of sp³-hybridized carbons (Fsp3) is 0.455. The van der Waals surface area contributed by atoms with E-state index in [0.717, 1.165) is 11.3 Å². The number of nitrogens with zero attached hydrogens (tertiary/aromatic N) is 1. The second-order valence-electron chi connectivity index (χ2n) is 3.65. The number of nitrogens with one attached hydrogen (secondary N) is 1. The molecular weight excluding hydrogens is 240 g/mol. The number of non-ortho nitro benzene ring substituents is 1. The van der Waals surface area contributed by atoms with Crippen molar-refractivity contribution < 1.29 is 10.0 Å². The lowest BCUT2D eigenvalue weighted by molar-refractivity contribution is -0.384. The molecule has 0 amide bonds. The number of aliphatic hydroxyl groups is 1. The van der Waals surface area contributed by atoms with Crippen molar-refractivity contribution in [1.29, 1.82) is 0 Å². The summed E-state index contributed by atoms with van der Waals surface area (Å²) in [6.45, 7) is 2.02. The van der Waals surface area contributed by atoms with Gasteiger partial charge in [-0.15, -0.1) is 0 Å². The topological polar surface area (TPSA) is 75.4 Å². The third-order valence-corrected chi connectivity index (χ3v) is 3.55. The van der Waals surface area contributed by atoms with Gasteiger partial charge in [0.2, 0.25) is 0 Å². The minimum absolute atomic E-state index is 0.0938. The number of aliphatic hydroxyl groups excluding tert-OH is 1. The first kappa shape index (κ1) is 13.8. The highest BCUT2D eigenvalue weighted by atomic mass is 32.2. The largest absolute Gasteiger partial charge is 0.395 e. The molecular formula is C11H16N2O3S. The van der Waals surface area contributed by atoms with Gasteiger partial charge in [-0.2, -0.15) is 11.8 Å². The van der Waals surface area contributed by atoms with E-state index in [2.05, 4.69) is 5.32 Å². The molecule has 0 aliphatic heterocycles. The Labute approximate surface area is 104 Å². The Hall–Kier alpha value is -1.27. The number of nitro benzene ring substituents is 1. The molecule has 2 N–H and O–H groups in total. The third-order valence-electron chi connectivity index (χ3n) is 2.35. The molecule has 1 unspecified atom stereocenters. The normalized spacial score (nSPS) is 12.2. The summed E-state index contributed by atoms with van der Waals surface area (Å²) in [4.78, 5) is 10.3. The van der Waals surface area contributed by atoms with Gasteiger partial charge < -0.3 is 10.4 Å². The summed E-state index contributed by atoms with van der Waals surface area (Å²) in [5, 5.41) is 22.8. The van der Waals surface area contributed by atoms with E-state index in [4.69, 9.17) is 5.11 Å². The molecule has 1 atom stereocenters.